The molecule has 1 aromatic carbocycles. The predicted molar refractivity (Wildman–Crippen MR) is 101 cm³/mol. The van der Waals surface area contributed by atoms with Crippen molar-refractivity contribution in [1.29, 1.82) is 0 Å². The number of rotatable bonds is 7. The molecular weight excluding hydrogens is 352 g/mol. The first-order chi connectivity index (χ1) is 12.6. The number of hydrogen-bond acceptors (Lipinski definition) is 5. The summed E-state index contributed by atoms with van der Waals surface area (Å²) in [6, 6.07) is 7.33. The highest BCUT2D eigenvalue weighted by atomic mass is 32.2. The van der Waals surface area contributed by atoms with E-state index in [-0.39, 0.29) is 6.04 Å². The van der Waals surface area contributed by atoms with Crippen LogP contribution in [0.15, 0.2) is 29.2 Å². The zero-order valence-electron chi connectivity index (χ0n) is 15.6. The second kappa shape index (κ2) is 9.28. The molecule has 0 unspecified atom stereocenters. The van der Waals surface area contributed by atoms with Crippen molar-refractivity contribution in [2.75, 3.05) is 52.6 Å². The Bertz CT molecular complexity index is 651. The highest BCUT2D eigenvalue weighted by molar-refractivity contribution is 7.89. The number of morpholine rings is 1. The Labute approximate surface area is 157 Å². The van der Waals surface area contributed by atoms with E-state index in [0.29, 0.717) is 24.7 Å². The number of nitrogens with zero attached hydrogens (tertiary/aromatic N) is 2. The monoisotopic (exact) mass is 382 g/mol. The molecule has 0 aliphatic carbocycles. The lowest BCUT2D eigenvalue weighted by atomic mass is 10.1. The average molecular weight is 383 g/mol. The molecule has 1 aromatic rings. The normalized spacial score (nSPS) is 20.5. The van der Waals surface area contributed by atoms with Crippen molar-refractivity contribution in [2.24, 2.45) is 0 Å². The minimum Gasteiger partial charge on any atom is -0.381 e. The quantitative estimate of drug-likeness (QED) is 0.719. The van der Waals surface area contributed by atoms with E-state index < -0.39 is 10.0 Å². The first kappa shape index (κ1) is 19.8. The molecule has 0 atom stereocenters. The molecule has 0 saturated carbocycles. The van der Waals surface area contributed by atoms with Crippen molar-refractivity contribution < 1.29 is 17.9 Å². The van der Waals surface area contributed by atoms with Gasteiger partial charge in [-0.15, -0.1) is 0 Å². The molecule has 0 bridgehead atoms. The van der Waals surface area contributed by atoms with Gasteiger partial charge < -0.3 is 9.47 Å². The maximum atomic E-state index is 13.3. The summed E-state index contributed by atoms with van der Waals surface area (Å²) in [4.78, 5) is 2.68. The number of ether oxygens (including phenoxy) is 2. The molecule has 6 nitrogen and oxygen atoms in total. The Morgan fingerprint density at radius 1 is 1.04 bits per heavy atom. The molecule has 146 valence electrons. The van der Waals surface area contributed by atoms with E-state index in [0.717, 1.165) is 57.7 Å². The smallest absolute Gasteiger partial charge is 0.243 e. The lowest BCUT2D eigenvalue weighted by Crippen LogP contribution is -2.48. The van der Waals surface area contributed by atoms with Crippen LogP contribution in [-0.2, 0) is 25.9 Å². The molecule has 0 aromatic heterocycles. The number of sulfonamides is 1. The number of hydrogen-bond donors (Lipinski definition) is 0. The summed E-state index contributed by atoms with van der Waals surface area (Å²) < 4.78 is 39.2. The predicted octanol–water partition coefficient (Wildman–Crippen LogP) is 1.75. The van der Waals surface area contributed by atoms with Gasteiger partial charge in [0.25, 0.3) is 0 Å². The fourth-order valence-electron chi connectivity index (χ4n) is 3.57. The van der Waals surface area contributed by atoms with Crippen molar-refractivity contribution in [3.05, 3.63) is 29.8 Å². The number of aryl methyl sites for hydroxylation is 1. The molecule has 2 aliphatic rings. The van der Waals surface area contributed by atoms with Crippen LogP contribution in [-0.4, -0.2) is 76.3 Å². The molecule has 2 fully saturated rings. The Balaban J connectivity index is 1.77. The summed E-state index contributed by atoms with van der Waals surface area (Å²) in [7, 11) is -3.51. The van der Waals surface area contributed by atoms with Gasteiger partial charge in [-0.3, -0.25) is 4.90 Å². The second-order valence-corrected chi connectivity index (χ2v) is 8.80. The Kier molecular flexibility index (Phi) is 7.05. The molecule has 0 N–H and O–H groups in total. The van der Waals surface area contributed by atoms with E-state index in [4.69, 9.17) is 9.47 Å². The lowest BCUT2D eigenvalue weighted by molar-refractivity contribution is 0.0291. The molecule has 0 radical (unpaired) electrons. The van der Waals surface area contributed by atoms with Gasteiger partial charge in [0, 0.05) is 45.4 Å². The van der Waals surface area contributed by atoms with Crippen LogP contribution in [0.1, 0.15) is 25.3 Å². The molecule has 0 amide bonds. The van der Waals surface area contributed by atoms with E-state index in [1.54, 1.807) is 16.4 Å². The Morgan fingerprint density at radius 3 is 2.27 bits per heavy atom. The van der Waals surface area contributed by atoms with E-state index in [1.807, 2.05) is 12.1 Å². The fourth-order valence-corrected chi connectivity index (χ4v) is 5.25. The van der Waals surface area contributed by atoms with E-state index in [1.165, 1.54) is 0 Å². The van der Waals surface area contributed by atoms with Gasteiger partial charge in [-0.1, -0.05) is 19.1 Å². The summed E-state index contributed by atoms with van der Waals surface area (Å²) in [5, 5.41) is 0. The SMILES string of the molecule is CCc1ccc(S(=O)(=O)N(CCN2CCOCC2)C2CCOCC2)cc1. The topological polar surface area (TPSA) is 59.1 Å². The van der Waals surface area contributed by atoms with E-state index in [9.17, 15) is 8.42 Å². The molecular formula is C19H30N2O4S. The summed E-state index contributed by atoms with van der Waals surface area (Å²) in [6.45, 7) is 7.77. The highest BCUT2D eigenvalue weighted by Gasteiger charge is 2.32. The molecule has 7 heteroatoms. The van der Waals surface area contributed by atoms with Crippen LogP contribution < -0.4 is 0 Å². The van der Waals surface area contributed by atoms with Crippen LogP contribution in [0.3, 0.4) is 0 Å². The summed E-state index contributed by atoms with van der Waals surface area (Å²) in [6.07, 6.45) is 2.42. The van der Waals surface area contributed by atoms with Gasteiger partial charge in [-0.2, -0.15) is 4.31 Å². The molecule has 0 spiro atoms. The Morgan fingerprint density at radius 2 is 1.65 bits per heavy atom. The van der Waals surface area contributed by atoms with Gasteiger partial charge in [0.2, 0.25) is 10.0 Å². The minimum absolute atomic E-state index is 0.0145. The van der Waals surface area contributed by atoms with Crippen molar-refractivity contribution in [1.82, 2.24) is 9.21 Å². The first-order valence-corrected chi connectivity index (χ1v) is 11.0. The molecule has 2 heterocycles. The summed E-state index contributed by atoms with van der Waals surface area (Å²) in [5.41, 5.74) is 1.15. The lowest BCUT2D eigenvalue weighted by Gasteiger charge is -2.35. The largest absolute Gasteiger partial charge is 0.381 e. The standard InChI is InChI=1S/C19H30N2O4S/c1-2-17-3-5-19(6-4-17)26(22,23)21(18-7-13-24-14-8-18)10-9-20-11-15-25-16-12-20/h3-6,18H,2,7-16H2,1H3. The summed E-state index contributed by atoms with van der Waals surface area (Å²) in [5.74, 6) is 0. The van der Waals surface area contributed by atoms with Gasteiger partial charge in [-0.05, 0) is 37.0 Å². The number of benzene rings is 1. The second-order valence-electron chi connectivity index (χ2n) is 6.91. The van der Waals surface area contributed by atoms with Crippen LogP contribution in [0, 0.1) is 0 Å². The van der Waals surface area contributed by atoms with Gasteiger partial charge >= 0.3 is 0 Å². The molecule has 2 aliphatic heterocycles. The van der Waals surface area contributed by atoms with Crippen molar-refractivity contribution in [2.45, 2.75) is 37.1 Å². The first-order valence-electron chi connectivity index (χ1n) is 9.60. The third-order valence-electron chi connectivity index (χ3n) is 5.28. The molecule has 2 saturated heterocycles. The zero-order chi connectivity index (χ0) is 18.4. The van der Waals surface area contributed by atoms with Crippen LogP contribution in [0.25, 0.3) is 0 Å². The van der Waals surface area contributed by atoms with Crippen LogP contribution in [0.5, 0.6) is 0 Å². The molecule has 3 rings (SSSR count). The van der Waals surface area contributed by atoms with Gasteiger partial charge in [0.05, 0.1) is 18.1 Å². The van der Waals surface area contributed by atoms with E-state index in [2.05, 4.69) is 11.8 Å². The summed E-state index contributed by atoms with van der Waals surface area (Å²) >= 11 is 0. The van der Waals surface area contributed by atoms with Crippen molar-refractivity contribution >= 4 is 10.0 Å². The van der Waals surface area contributed by atoms with Crippen molar-refractivity contribution in [3.63, 3.8) is 0 Å². The third-order valence-corrected chi connectivity index (χ3v) is 7.24. The minimum atomic E-state index is -3.51. The van der Waals surface area contributed by atoms with E-state index >= 15 is 0 Å². The fraction of sp³-hybridized carbons (Fsp3) is 0.684. The maximum Gasteiger partial charge on any atom is 0.243 e. The zero-order valence-corrected chi connectivity index (χ0v) is 16.4. The average Bonchev–Trinajstić information content (AvgIpc) is 2.69. The van der Waals surface area contributed by atoms with Crippen LogP contribution >= 0.6 is 0 Å². The van der Waals surface area contributed by atoms with Crippen LogP contribution in [0.2, 0.25) is 0 Å². The van der Waals surface area contributed by atoms with Gasteiger partial charge in [0.1, 0.15) is 0 Å². The maximum absolute atomic E-state index is 13.3. The third kappa shape index (κ3) is 4.84. The highest BCUT2D eigenvalue weighted by Crippen LogP contribution is 2.24. The van der Waals surface area contributed by atoms with Crippen molar-refractivity contribution in [3.8, 4) is 0 Å². The Hall–Kier alpha value is -0.990. The van der Waals surface area contributed by atoms with Gasteiger partial charge in [0.15, 0.2) is 0 Å². The van der Waals surface area contributed by atoms with Crippen LogP contribution in [0.4, 0.5) is 0 Å². The van der Waals surface area contributed by atoms with Gasteiger partial charge in [-0.25, -0.2) is 8.42 Å². The molecule has 26 heavy (non-hydrogen) atoms.